The number of nitrogens with zero attached hydrogens (tertiary/aromatic N) is 2. The number of hydrogen-bond acceptors (Lipinski definition) is 4. The Morgan fingerprint density at radius 3 is 2.79 bits per heavy atom. The highest BCUT2D eigenvalue weighted by atomic mass is 16.1. The number of nitrogens with two attached hydrogens (primary N) is 2. The summed E-state index contributed by atoms with van der Waals surface area (Å²) < 4.78 is 1.74. The van der Waals surface area contributed by atoms with Gasteiger partial charge in [0.25, 0.3) is 5.91 Å². The van der Waals surface area contributed by atoms with Crippen molar-refractivity contribution in [1.82, 2.24) is 9.78 Å². The van der Waals surface area contributed by atoms with Crippen molar-refractivity contribution in [2.45, 2.75) is 13.0 Å². The predicted molar refractivity (Wildman–Crippen MR) is 74.6 cm³/mol. The third-order valence-corrected chi connectivity index (χ3v) is 2.93. The van der Waals surface area contributed by atoms with E-state index in [0.717, 1.165) is 11.3 Å². The fraction of sp³-hybridized carbons (Fsp3) is 0.231. The summed E-state index contributed by atoms with van der Waals surface area (Å²) in [7, 11) is 1.87. The first-order valence-electron chi connectivity index (χ1n) is 5.92. The zero-order chi connectivity index (χ0) is 14.0. The van der Waals surface area contributed by atoms with Gasteiger partial charge in [-0.15, -0.1) is 0 Å². The lowest BCUT2D eigenvalue weighted by atomic mass is 10.1. The van der Waals surface area contributed by atoms with Crippen LogP contribution < -0.4 is 16.8 Å². The van der Waals surface area contributed by atoms with Crippen molar-refractivity contribution < 1.29 is 4.79 Å². The molecular formula is C13H17N5O. The van der Waals surface area contributed by atoms with Gasteiger partial charge >= 0.3 is 0 Å². The molecule has 0 aliphatic heterocycles. The molecule has 6 nitrogen and oxygen atoms in total. The Kier molecular flexibility index (Phi) is 3.41. The Morgan fingerprint density at radius 2 is 2.21 bits per heavy atom. The van der Waals surface area contributed by atoms with Gasteiger partial charge in [-0.3, -0.25) is 9.48 Å². The van der Waals surface area contributed by atoms with E-state index in [1.54, 1.807) is 23.0 Å². The summed E-state index contributed by atoms with van der Waals surface area (Å²) in [4.78, 5) is 11.2. The number of nitrogen functional groups attached to an aromatic ring is 1. The Hall–Kier alpha value is -2.50. The normalized spacial score (nSPS) is 12.1. The molecule has 100 valence electrons. The monoisotopic (exact) mass is 259 g/mol. The van der Waals surface area contributed by atoms with Crippen LogP contribution in [-0.2, 0) is 7.05 Å². The number of hydrogen-bond donors (Lipinski definition) is 3. The number of nitrogens with one attached hydrogen (secondary N) is 1. The van der Waals surface area contributed by atoms with Gasteiger partial charge in [-0.05, 0) is 25.1 Å². The molecule has 6 heteroatoms. The highest BCUT2D eigenvalue weighted by Crippen LogP contribution is 2.22. The van der Waals surface area contributed by atoms with E-state index in [1.165, 1.54) is 0 Å². The smallest absolute Gasteiger partial charge is 0.250 e. The molecule has 0 aliphatic rings. The van der Waals surface area contributed by atoms with Crippen LogP contribution in [0.3, 0.4) is 0 Å². The number of primary amides is 1. The zero-order valence-corrected chi connectivity index (χ0v) is 10.9. The quantitative estimate of drug-likeness (QED) is 0.720. The van der Waals surface area contributed by atoms with Gasteiger partial charge in [0, 0.05) is 30.2 Å². The molecule has 19 heavy (non-hydrogen) atoms. The Morgan fingerprint density at radius 1 is 1.47 bits per heavy atom. The molecule has 0 saturated carbocycles. The Labute approximate surface area is 111 Å². The number of carbonyl (C=O) groups excluding carboxylic acids is 1. The summed E-state index contributed by atoms with van der Waals surface area (Å²) >= 11 is 0. The van der Waals surface area contributed by atoms with Crippen LogP contribution in [0.4, 0.5) is 11.4 Å². The van der Waals surface area contributed by atoms with Crippen LogP contribution in [0, 0.1) is 0 Å². The first-order valence-corrected chi connectivity index (χ1v) is 5.92. The van der Waals surface area contributed by atoms with Crippen molar-refractivity contribution in [3.8, 4) is 0 Å². The van der Waals surface area contributed by atoms with Crippen LogP contribution in [0.25, 0.3) is 0 Å². The second kappa shape index (κ2) is 5.01. The maximum Gasteiger partial charge on any atom is 0.250 e. The van der Waals surface area contributed by atoms with E-state index < -0.39 is 5.91 Å². The van der Waals surface area contributed by atoms with Gasteiger partial charge in [0.05, 0.1) is 17.8 Å². The van der Waals surface area contributed by atoms with Crippen molar-refractivity contribution in [3.63, 3.8) is 0 Å². The van der Waals surface area contributed by atoms with Gasteiger partial charge in [-0.2, -0.15) is 5.10 Å². The predicted octanol–water partition coefficient (Wildman–Crippen LogP) is 1.27. The lowest BCUT2D eigenvalue weighted by Gasteiger charge is -2.14. The summed E-state index contributed by atoms with van der Waals surface area (Å²) in [6.07, 6.45) is 3.73. The molecule has 2 rings (SSSR count). The lowest BCUT2D eigenvalue weighted by Crippen LogP contribution is -2.14. The van der Waals surface area contributed by atoms with Crippen LogP contribution in [0.2, 0.25) is 0 Å². The molecular weight excluding hydrogens is 242 g/mol. The summed E-state index contributed by atoms with van der Waals surface area (Å²) in [6, 6.07) is 5.20. The van der Waals surface area contributed by atoms with Gasteiger partial charge in [-0.25, -0.2) is 0 Å². The number of rotatable bonds is 4. The van der Waals surface area contributed by atoms with E-state index in [1.807, 2.05) is 26.2 Å². The van der Waals surface area contributed by atoms with E-state index in [9.17, 15) is 4.79 Å². The minimum atomic E-state index is -0.532. The van der Waals surface area contributed by atoms with E-state index in [2.05, 4.69) is 10.4 Å². The van der Waals surface area contributed by atoms with Gasteiger partial charge in [0.1, 0.15) is 0 Å². The molecule has 0 aliphatic carbocycles. The average molecular weight is 259 g/mol. The molecule has 0 bridgehead atoms. The fourth-order valence-corrected chi connectivity index (χ4v) is 1.86. The molecule has 1 aromatic carbocycles. The largest absolute Gasteiger partial charge is 0.398 e. The summed E-state index contributed by atoms with van der Waals surface area (Å²) in [6.45, 7) is 2.01. The zero-order valence-electron chi connectivity index (χ0n) is 10.9. The molecule has 0 radical (unpaired) electrons. The van der Waals surface area contributed by atoms with Gasteiger partial charge in [0.2, 0.25) is 0 Å². The van der Waals surface area contributed by atoms with E-state index in [4.69, 9.17) is 11.5 Å². The molecule has 0 fully saturated rings. The SMILES string of the molecule is CC(Nc1ccc(N)c(C(N)=O)c1)c1cnn(C)c1. The molecule has 1 atom stereocenters. The number of aromatic nitrogens is 2. The van der Waals surface area contributed by atoms with Crippen LogP contribution in [-0.4, -0.2) is 15.7 Å². The Balaban J connectivity index is 2.19. The first-order chi connectivity index (χ1) is 8.97. The number of aryl methyl sites for hydroxylation is 1. The molecule has 0 spiro atoms. The highest BCUT2D eigenvalue weighted by molar-refractivity contribution is 5.98. The molecule has 1 unspecified atom stereocenters. The average Bonchev–Trinajstić information content (AvgIpc) is 2.78. The minimum Gasteiger partial charge on any atom is -0.398 e. The number of anilines is 2. The third kappa shape index (κ3) is 2.85. The van der Waals surface area contributed by atoms with E-state index in [-0.39, 0.29) is 6.04 Å². The molecule has 1 aromatic heterocycles. The lowest BCUT2D eigenvalue weighted by molar-refractivity contribution is 0.100. The molecule has 0 saturated heterocycles. The maximum absolute atomic E-state index is 11.2. The topological polar surface area (TPSA) is 99.0 Å². The molecule has 1 heterocycles. The first kappa shape index (κ1) is 12.9. The summed E-state index contributed by atoms with van der Waals surface area (Å²) in [5.74, 6) is -0.532. The fourth-order valence-electron chi connectivity index (χ4n) is 1.86. The standard InChI is InChI=1S/C13H17N5O/c1-8(9-6-16-18(2)7-9)17-10-3-4-12(14)11(5-10)13(15)19/h3-8,17H,14H2,1-2H3,(H2,15,19). The van der Waals surface area contributed by atoms with Crippen molar-refractivity contribution in [2.24, 2.45) is 12.8 Å². The van der Waals surface area contributed by atoms with Gasteiger partial charge in [0.15, 0.2) is 0 Å². The minimum absolute atomic E-state index is 0.0676. The van der Waals surface area contributed by atoms with Crippen LogP contribution in [0.1, 0.15) is 28.9 Å². The summed E-state index contributed by atoms with van der Waals surface area (Å²) in [5.41, 5.74) is 13.5. The van der Waals surface area contributed by atoms with Crippen molar-refractivity contribution >= 4 is 17.3 Å². The number of amides is 1. The van der Waals surface area contributed by atoms with Crippen LogP contribution in [0.15, 0.2) is 30.6 Å². The third-order valence-electron chi connectivity index (χ3n) is 2.93. The van der Waals surface area contributed by atoms with Gasteiger partial charge < -0.3 is 16.8 Å². The number of benzene rings is 1. The second-order valence-corrected chi connectivity index (χ2v) is 4.48. The van der Waals surface area contributed by atoms with Crippen molar-refractivity contribution in [2.75, 3.05) is 11.1 Å². The second-order valence-electron chi connectivity index (χ2n) is 4.48. The van der Waals surface area contributed by atoms with E-state index in [0.29, 0.717) is 11.3 Å². The van der Waals surface area contributed by atoms with Crippen molar-refractivity contribution in [1.29, 1.82) is 0 Å². The Bertz CT molecular complexity index is 605. The van der Waals surface area contributed by atoms with Crippen molar-refractivity contribution in [3.05, 3.63) is 41.7 Å². The highest BCUT2D eigenvalue weighted by Gasteiger charge is 2.10. The van der Waals surface area contributed by atoms with Gasteiger partial charge in [-0.1, -0.05) is 0 Å². The molecule has 1 amide bonds. The maximum atomic E-state index is 11.2. The van der Waals surface area contributed by atoms with Crippen LogP contribution >= 0.6 is 0 Å². The molecule has 2 aromatic rings. The molecule has 5 N–H and O–H groups in total. The van der Waals surface area contributed by atoms with Crippen LogP contribution in [0.5, 0.6) is 0 Å². The number of carbonyl (C=O) groups is 1. The summed E-state index contributed by atoms with van der Waals surface area (Å²) in [5, 5.41) is 7.40. The van der Waals surface area contributed by atoms with E-state index >= 15 is 0 Å².